The Kier molecular flexibility index (Phi) is 3.59. The molecule has 1 nitrogen and oxygen atoms in total. The van der Waals surface area contributed by atoms with Crippen LogP contribution in [0.2, 0.25) is 15.1 Å². The lowest BCUT2D eigenvalue weighted by atomic mass is 10.0. The largest absolute Gasteiger partial charge is 0.246 e. The first kappa shape index (κ1) is 13.7. The summed E-state index contributed by atoms with van der Waals surface area (Å²) in [5.41, 5.74) is 3.36. The summed E-state index contributed by atoms with van der Waals surface area (Å²) in [6.07, 6.45) is 0. The third-order valence-electron chi connectivity index (χ3n) is 3.25. The van der Waals surface area contributed by atoms with Crippen molar-refractivity contribution in [2.24, 2.45) is 0 Å². The van der Waals surface area contributed by atoms with Gasteiger partial charge < -0.3 is 0 Å². The van der Waals surface area contributed by atoms with Crippen molar-refractivity contribution in [3.05, 3.63) is 63.1 Å². The highest BCUT2D eigenvalue weighted by atomic mass is 35.5. The highest BCUT2D eigenvalue weighted by Gasteiger charge is 2.15. The predicted molar refractivity (Wildman–Crippen MR) is 86.9 cm³/mol. The molecule has 0 atom stereocenters. The lowest BCUT2D eigenvalue weighted by molar-refractivity contribution is 1.33. The van der Waals surface area contributed by atoms with Crippen molar-refractivity contribution in [3.63, 3.8) is 0 Å². The Morgan fingerprint density at radius 3 is 2.20 bits per heavy atom. The van der Waals surface area contributed by atoms with Gasteiger partial charge in [0, 0.05) is 10.9 Å². The number of halogens is 3. The van der Waals surface area contributed by atoms with Crippen molar-refractivity contribution in [1.82, 2.24) is 4.98 Å². The van der Waals surface area contributed by atoms with Crippen LogP contribution < -0.4 is 0 Å². The Morgan fingerprint density at radius 1 is 0.850 bits per heavy atom. The number of fused-ring (bicyclic) bond motifs is 1. The molecule has 0 unspecified atom stereocenters. The van der Waals surface area contributed by atoms with Gasteiger partial charge in [0.05, 0.1) is 26.3 Å². The molecule has 0 aliphatic carbocycles. The summed E-state index contributed by atoms with van der Waals surface area (Å²) in [5, 5.41) is 2.41. The molecule has 1 heterocycles. The number of rotatable bonds is 1. The van der Waals surface area contributed by atoms with E-state index in [1.54, 1.807) is 12.1 Å². The molecule has 20 heavy (non-hydrogen) atoms. The molecule has 2 aromatic carbocycles. The van der Waals surface area contributed by atoms with Gasteiger partial charge in [0.25, 0.3) is 0 Å². The van der Waals surface area contributed by atoms with E-state index in [1.807, 2.05) is 37.3 Å². The SMILES string of the molecule is Cc1c(-c2ccccc2)nc2c(Cl)ccc(Cl)c2c1Cl. The third-order valence-corrected chi connectivity index (χ3v) is 4.35. The number of benzene rings is 2. The molecule has 1 aromatic heterocycles. The van der Waals surface area contributed by atoms with Crippen molar-refractivity contribution < 1.29 is 0 Å². The molecule has 0 radical (unpaired) electrons. The quantitative estimate of drug-likeness (QED) is 0.522. The van der Waals surface area contributed by atoms with Gasteiger partial charge in [-0.2, -0.15) is 0 Å². The van der Waals surface area contributed by atoms with E-state index in [-0.39, 0.29) is 0 Å². The molecule has 4 heteroatoms. The van der Waals surface area contributed by atoms with Crippen LogP contribution in [0.25, 0.3) is 22.2 Å². The van der Waals surface area contributed by atoms with Crippen molar-refractivity contribution in [2.45, 2.75) is 6.92 Å². The Hall–Kier alpha value is -1.28. The zero-order valence-electron chi connectivity index (χ0n) is 10.6. The maximum Gasteiger partial charge on any atom is 0.0925 e. The van der Waals surface area contributed by atoms with Crippen LogP contribution in [0.3, 0.4) is 0 Å². The number of hydrogen-bond acceptors (Lipinski definition) is 1. The van der Waals surface area contributed by atoms with Crippen LogP contribution in [0.4, 0.5) is 0 Å². The van der Waals surface area contributed by atoms with Gasteiger partial charge in [0.1, 0.15) is 0 Å². The molecule has 0 aliphatic heterocycles. The monoisotopic (exact) mass is 321 g/mol. The number of hydrogen-bond donors (Lipinski definition) is 0. The maximum atomic E-state index is 6.48. The van der Waals surface area contributed by atoms with Crippen molar-refractivity contribution in [1.29, 1.82) is 0 Å². The van der Waals surface area contributed by atoms with Gasteiger partial charge in [-0.05, 0) is 24.6 Å². The molecule has 3 rings (SSSR count). The fraction of sp³-hybridized carbons (Fsp3) is 0.0625. The van der Waals surface area contributed by atoms with Crippen LogP contribution in [0.5, 0.6) is 0 Å². The standard InChI is InChI=1S/C16H10Cl3N/c1-9-14(19)13-11(17)7-8-12(18)16(13)20-15(9)10-5-3-2-4-6-10/h2-8H,1H3. The molecular weight excluding hydrogens is 313 g/mol. The summed E-state index contributed by atoms with van der Waals surface area (Å²) in [7, 11) is 0. The molecule has 0 saturated carbocycles. The van der Waals surface area contributed by atoms with Gasteiger partial charge in [0.15, 0.2) is 0 Å². The van der Waals surface area contributed by atoms with E-state index < -0.39 is 0 Å². The Balaban J connectivity index is 2.42. The van der Waals surface area contributed by atoms with Crippen LogP contribution >= 0.6 is 34.8 Å². The minimum atomic E-state index is 0.545. The van der Waals surface area contributed by atoms with Gasteiger partial charge in [-0.1, -0.05) is 65.1 Å². The highest BCUT2D eigenvalue weighted by Crippen LogP contribution is 2.38. The van der Waals surface area contributed by atoms with Crippen LogP contribution in [0.1, 0.15) is 5.56 Å². The molecule has 0 N–H and O–H groups in total. The van der Waals surface area contributed by atoms with Crippen molar-refractivity contribution >= 4 is 45.7 Å². The minimum absolute atomic E-state index is 0.545. The van der Waals surface area contributed by atoms with Crippen LogP contribution in [0, 0.1) is 6.92 Å². The number of aromatic nitrogens is 1. The first-order chi connectivity index (χ1) is 9.59. The Labute approximate surface area is 132 Å². The van der Waals surface area contributed by atoms with E-state index in [0.29, 0.717) is 26.0 Å². The summed E-state index contributed by atoms with van der Waals surface area (Å²) >= 11 is 18.9. The summed E-state index contributed by atoms with van der Waals surface area (Å²) in [6, 6.07) is 13.4. The molecule has 0 fully saturated rings. The zero-order valence-corrected chi connectivity index (χ0v) is 12.9. The topological polar surface area (TPSA) is 12.9 Å². The second-order valence-corrected chi connectivity index (χ2v) is 5.71. The molecule has 0 bridgehead atoms. The van der Waals surface area contributed by atoms with Crippen molar-refractivity contribution in [2.75, 3.05) is 0 Å². The van der Waals surface area contributed by atoms with Crippen LogP contribution in [0.15, 0.2) is 42.5 Å². The molecule has 100 valence electrons. The molecular formula is C16H10Cl3N. The smallest absolute Gasteiger partial charge is 0.0925 e. The molecule has 3 aromatic rings. The molecule has 0 amide bonds. The predicted octanol–water partition coefficient (Wildman–Crippen LogP) is 6.17. The molecule has 0 aliphatic rings. The lowest BCUT2D eigenvalue weighted by Crippen LogP contribution is -1.93. The normalized spacial score (nSPS) is 11.0. The van der Waals surface area contributed by atoms with E-state index in [0.717, 1.165) is 16.8 Å². The maximum absolute atomic E-state index is 6.48. The summed E-state index contributed by atoms with van der Waals surface area (Å²) in [5.74, 6) is 0. The fourth-order valence-corrected chi connectivity index (χ4v) is 3.00. The van der Waals surface area contributed by atoms with Gasteiger partial charge in [0.2, 0.25) is 0 Å². The number of nitrogens with zero attached hydrogens (tertiary/aromatic N) is 1. The van der Waals surface area contributed by atoms with E-state index in [2.05, 4.69) is 4.98 Å². The molecule has 0 spiro atoms. The van der Waals surface area contributed by atoms with Crippen molar-refractivity contribution in [3.8, 4) is 11.3 Å². The van der Waals surface area contributed by atoms with E-state index >= 15 is 0 Å². The summed E-state index contributed by atoms with van der Waals surface area (Å²) < 4.78 is 0. The van der Waals surface area contributed by atoms with E-state index in [1.165, 1.54) is 0 Å². The van der Waals surface area contributed by atoms with Crippen LogP contribution in [-0.4, -0.2) is 4.98 Å². The second kappa shape index (κ2) is 5.25. The summed E-state index contributed by atoms with van der Waals surface area (Å²) in [6.45, 7) is 1.94. The lowest BCUT2D eigenvalue weighted by Gasteiger charge is -2.12. The van der Waals surface area contributed by atoms with E-state index in [9.17, 15) is 0 Å². The zero-order chi connectivity index (χ0) is 14.3. The van der Waals surface area contributed by atoms with Crippen LogP contribution in [-0.2, 0) is 0 Å². The summed E-state index contributed by atoms with van der Waals surface area (Å²) in [4.78, 5) is 4.67. The van der Waals surface area contributed by atoms with E-state index in [4.69, 9.17) is 34.8 Å². The Bertz CT molecular complexity index is 798. The average Bonchev–Trinajstić information content (AvgIpc) is 2.47. The number of pyridine rings is 1. The Morgan fingerprint density at radius 2 is 1.50 bits per heavy atom. The highest BCUT2D eigenvalue weighted by molar-refractivity contribution is 6.45. The van der Waals surface area contributed by atoms with Gasteiger partial charge in [-0.15, -0.1) is 0 Å². The minimum Gasteiger partial charge on any atom is -0.246 e. The van der Waals surface area contributed by atoms with Gasteiger partial charge in [-0.3, -0.25) is 0 Å². The average molecular weight is 323 g/mol. The first-order valence-electron chi connectivity index (χ1n) is 6.09. The second-order valence-electron chi connectivity index (χ2n) is 4.52. The van der Waals surface area contributed by atoms with Gasteiger partial charge in [-0.25, -0.2) is 4.98 Å². The first-order valence-corrected chi connectivity index (χ1v) is 7.22. The van der Waals surface area contributed by atoms with Gasteiger partial charge >= 0.3 is 0 Å². The third kappa shape index (κ3) is 2.16. The molecule has 0 saturated heterocycles. The fourth-order valence-electron chi connectivity index (χ4n) is 2.22.